The van der Waals surface area contributed by atoms with Crippen LogP contribution in [0, 0.1) is 5.92 Å². The van der Waals surface area contributed by atoms with Gasteiger partial charge in [0, 0.05) is 38.1 Å². The Morgan fingerprint density at radius 3 is 3.33 bits per heavy atom. The van der Waals surface area contributed by atoms with Crippen LogP contribution in [0.4, 0.5) is 0 Å². The monoisotopic (exact) mass is 206 g/mol. The van der Waals surface area contributed by atoms with Gasteiger partial charge in [-0.1, -0.05) is 0 Å². The molecule has 3 rings (SSSR count). The fraction of sp³-hybridized carbons (Fsp3) is 0.750. The van der Waals surface area contributed by atoms with Crippen molar-refractivity contribution in [2.24, 2.45) is 5.92 Å². The molecule has 3 heteroatoms. The molecule has 1 aromatic rings. The molecule has 82 valence electrons. The zero-order valence-electron chi connectivity index (χ0n) is 9.11. The Balaban J connectivity index is 1.76. The second kappa shape index (κ2) is 3.97. The Morgan fingerprint density at radius 2 is 2.47 bits per heavy atom. The van der Waals surface area contributed by atoms with Crippen molar-refractivity contribution >= 4 is 0 Å². The predicted molar refractivity (Wildman–Crippen MR) is 57.8 cm³/mol. The third-order valence-electron chi connectivity index (χ3n) is 3.58. The third kappa shape index (κ3) is 1.81. The van der Waals surface area contributed by atoms with Gasteiger partial charge in [-0.25, -0.2) is 4.98 Å². The van der Waals surface area contributed by atoms with E-state index < -0.39 is 0 Å². The summed E-state index contributed by atoms with van der Waals surface area (Å²) in [5.74, 6) is 2.00. The average molecular weight is 206 g/mol. The Bertz CT molecular complexity index is 339. The molecule has 0 amide bonds. The molecule has 0 aliphatic carbocycles. The lowest BCUT2D eigenvalue weighted by atomic mass is 10.0. The summed E-state index contributed by atoms with van der Waals surface area (Å²) in [5.41, 5.74) is 1.44. The number of imidazole rings is 1. The van der Waals surface area contributed by atoms with Gasteiger partial charge in [0.2, 0.25) is 0 Å². The molecule has 0 radical (unpaired) electrons. The molecule has 1 saturated heterocycles. The van der Waals surface area contributed by atoms with E-state index >= 15 is 0 Å². The zero-order valence-corrected chi connectivity index (χ0v) is 9.11. The summed E-state index contributed by atoms with van der Waals surface area (Å²) < 4.78 is 7.85. The molecule has 1 fully saturated rings. The van der Waals surface area contributed by atoms with Crippen LogP contribution in [0.15, 0.2) is 6.20 Å². The van der Waals surface area contributed by atoms with E-state index in [1.807, 2.05) is 0 Å². The van der Waals surface area contributed by atoms with E-state index in [1.165, 1.54) is 43.7 Å². The van der Waals surface area contributed by atoms with Crippen molar-refractivity contribution in [3.05, 3.63) is 17.7 Å². The number of fused-ring (bicyclic) bond motifs is 1. The van der Waals surface area contributed by atoms with Gasteiger partial charge in [0.15, 0.2) is 0 Å². The highest BCUT2D eigenvalue weighted by Gasteiger charge is 2.20. The number of hydrogen-bond donors (Lipinski definition) is 0. The molecular weight excluding hydrogens is 188 g/mol. The molecule has 2 aliphatic heterocycles. The van der Waals surface area contributed by atoms with Gasteiger partial charge in [-0.05, 0) is 31.6 Å². The average Bonchev–Trinajstić information content (AvgIpc) is 2.89. The standard InChI is InChI=1S/C12H18N2O/c1-2-5-14-11(3-1)8-13-12(14)7-10-4-6-15-9-10/h8,10H,1-7,9H2. The van der Waals surface area contributed by atoms with Gasteiger partial charge < -0.3 is 9.30 Å². The summed E-state index contributed by atoms with van der Waals surface area (Å²) in [6.45, 7) is 3.05. The topological polar surface area (TPSA) is 27.1 Å². The SMILES string of the molecule is c1nc(CC2CCOC2)n2c1CCCC2. The van der Waals surface area contributed by atoms with Crippen LogP contribution in [-0.2, 0) is 24.1 Å². The fourth-order valence-electron chi connectivity index (χ4n) is 2.67. The third-order valence-corrected chi connectivity index (χ3v) is 3.58. The first kappa shape index (κ1) is 9.40. The molecule has 0 saturated carbocycles. The van der Waals surface area contributed by atoms with E-state index in [0.717, 1.165) is 19.6 Å². The molecular formula is C12H18N2O. The van der Waals surface area contributed by atoms with Crippen molar-refractivity contribution in [1.82, 2.24) is 9.55 Å². The highest BCUT2D eigenvalue weighted by atomic mass is 16.5. The minimum atomic E-state index is 0.707. The van der Waals surface area contributed by atoms with Crippen LogP contribution in [0.25, 0.3) is 0 Å². The summed E-state index contributed by atoms with van der Waals surface area (Å²) >= 11 is 0. The summed E-state index contributed by atoms with van der Waals surface area (Å²) in [5, 5.41) is 0. The van der Waals surface area contributed by atoms with Gasteiger partial charge in [-0.2, -0.15) is 0 Å². The van der Waals surface area contributed by atoms with E-state index in [0.29, 0.717) is 5.92 Å². The Labute approximate surface area is 90.5 Å². The van der Waals surface area contributed by atoms with Crippen LogP contribution >= 0.6 is 0 Å². The minimum Gasteiger partial charge on any atom is -0.381 e. The molecule has 1 aromatic heterocycles. The number of aryl methyl sites for hydroxylation is 1. The van der Waals surface area contributed by atoms with E-state index in [2.05, 4.69) is 15.7 Å². The lowest BCUT2D eigenvalue weighted by Gasteiger charge is -2.17. The molecule has 0 N–H and O–H groups in total. The molecule has 15 heavy (non-hydrogen) atoms. The van der Waals surface area contributed by atoms with Gasteiger partial charge in [0.25, 0.3) is 0 Å². The van der Waals surface area contributed by atoms with E-state index in [4.69, 9.17) is 4.74 Å². The van der Waals surface area contributed by atoms with Gasteiger partial charge in [-0.3, -0.25) is 0 Å². The smallest absolute Gasteiger partial charge is 0.109 e. The largest absolute Gasteiger partial charge is 0.381 e. The quantitative estimate of drug-likeness (QED) is 0.737. The van der Waals surface area contributed by atoms with E-state index in [9.17, 15) is 0 Å². The molecule has 1 atom stereocenters. The van der Waals surface area contributed by atoms with E-state index in [-0.39, 0.29) is 0 Å². The summed E-state index contributed by atoms with van der Waals surface area (Å²) in [4.78, 5) is 4.57. The highest BCUT2D eigenvalue weighted by Crippen LogP contribution is 2.21. The normalized spacial score (nSPS) is 25.5. The summed E-state index contributed by atoms with van der Waals surface area (Å²) in [6, 6.07) is 0. The second-order valence-electron chi connectivity index (χ2n) is 4.71. The van der Waals surface area contributed by atoms with Gasteiger partial charge in [0.05, 0.1) is 0 Å². The molecule has 2 aliphatic rings. The van der Waals surface area contributed by atoms with Crippen LogP contribution in [0.2, 0.25) is 0 Å². The lowest BCUT2D eigenvalue weighted by molar-refractivity contribution is 0.185. The molecule has 3 heterocycles. The first-order valence-electron chi connectivity index (χ1n) is 6.04. The summed E-state index contributed by atoms with van der Waals surface area (Å²) in [7, 11) is 0. The van der Waals surface area contributed by atoms with Crippen LogP contribution in [0.1, 0.15) is 30.8 Å². The highest BCUT2D eigenvalue weighted by molar-refractivity contribution is 5.08. The molecule has 3 nitrogen and oxygen atoms in total. The first-order chi connectivity index (χ1) is 7.43. The molecule has 0 aromatic carbocycles. The Hall–Kier alpha value is -0.830. The van der Waals surface area contributed by atoms with Crippen molar-refractivity contribution in [1.29, 1.82) is 0 Å². The van der Waals surface area contributed by atoms with Crippen LogP contribution in [0.3, 0.4) is 0 Å². The fourth-order valence-corrected chi connectivity index (χ4v) is 2.67. The number of nitrogens with zero attached hydrogens (tertiary/aromatic N) is 2. The van der Waals surface area contributed by atoms with Gasteiger partial charge in [0.1, 0.15) is 5.82 Å². The zero-order chi connectivity index (χ0) is 10.1. The Kier molecular flexibility index (Phi) is 2.49. The Morgan fingerprint density at radius 1 is 1.47 bits per heavy atom. The van der Waals surface area contributed by atoms with Crippen LogP contribution < -0.4 is 0 Å². The summed E-state index contributed by atoms with van der Waals surface area (Å²) in [6.07, 6.45) is 8.26. The van der Waals surface area contributed by atoms with Crippen LogP contribution in [0.5, 0.6) is 0 Å². The second-order valence-corrected chi connectivity index (χ2v) is 4.71. The van der Waals surface area contributed by atoms with Crippen molar-refractivity contribution < 1.29 is 4.74 Å². The maximum atomic E-state index is 5.41. The predicted octanol–water partition coefficient (Wildman–Crippen LogP) is 1.80. The van der Waals surface area contributed by atoms with Crippen LogP contribution in [-0.4, -0.2) is 22.8 Å². The van der Waals surface area contributed by atoms with E-state index in [1.54, 1.807) is 0 Å². The van der Waals surface area contributed by atoms with Crippen molar-refractivity contribution in [3.63, 3.8) is 0 Å². The van der Waals surface area contributed by atoms with Crippen molar-refractivity contribution in [2.75, 3.05) is 13.2 Å². The minimum absolute atomic E-state index is 0.707. The first-order valence-corrected chi connectivity index (χ1v) is 6.04. The van der Waals surface area contributed by atoms with Crippen molar-refractivity contribution in [3.8, 4) is 0 Å². The lowest BCUT2D eigenvalue weighted by Crippen LogP contribution is -2.15. The molecule has 0 spiro atoms. The maximum Gasteiger partial charge on any atom is 0.109 e. The van der Waals surface area contributed by atoms with Crippen molar-refractivity contribution in [2.45, 2.75) is 38.6 Å². The number of hydrogen-bond acceptors (Lipinski definition) is 2. The number of ether oxygens (including phenoxy) is 1. The molecule has 1 unspecified atom stereocenters. The molecule has 0 bridgehead atoms. The maximum absolute atomic E-state index is 5.41. The van der Waals surface area contributed by atoms with Gasteiger partial charge in [-0.15, -0.1) is 0 Å². The van der Waals surface area contributed by atoms with Gasteiger partial charge >= 0.3 is 0 Å². The number of rotatable bonds is 2. The number of aromatic nitrogens is 2.